The Bertz CT molecular complexity index is 220. The second-order valence-corrected chi connectivity index (χ2v) is 5.52. The van der Waals surface area contributed by atoms with E-state index in [9.17, 15) is 0 Å². The monoisotopic (exact) mass is 169 g/mol. The first-order valence-electron chi connectivity index (χ1n) is 3.26. The molecule has 0 heterocycles. The van der Waals surface area contributed by atoms with Gasteiger partial charge >= 0.3 is 0 Å². The molecule has 53 valence electrons. The van der Waals surface area contributed by atoms with Crippen LogP contribution in [0.2, 0.25) is 18.1 Å². The Morgan fingerprint density at radius 2 is 2.00 bits per heavy atom. The van der Waals surface area contributed by atoms with Gasteiger partial charge in [0, 0.05) is 5.02 Å². The highest BCUT2D eigenvalue weighted by Gasteiger charge is 1.99. The minimum atomic E-state index is -0.319. The van der Waals surface area contributed by atoms with Crippen molar-refractivity contribution in [3.8, 4) is 0 Å². The largest absolute Gasteiger partial charge is 0.0843 e. The maximum absolute atomic E-state index is 5.81. The van der Waals surface area contributed by atoms with E-state index < -0.39 is 0 Å². The topological polar surface area (TPSA) is 0 Å². The minimum absolute atomic E-state index is 0.319. The van der Waals surface area contributed by atoms with Crippen LogP contribution in [-0.2, 0) is 0 Å². The predicted octanol–water partition coefficient (Wildman–Crippen LogP) is 2.30. The zero-order valence-electron chi connectivity index (χ0n) is 6.19. The van der Waals surface area contributed by atoms with Gasteiger partial charge in [-0.15, -0.1) is 0 Å². The molecule has 2 heteroatoms. The van der Waals surface area contributed by atoms with E-state index in [1.807, 2.05) is 12.1 Å². The van der Waals surface area contributed by atoms with E-state index in [0.717, 1.165) is 5.02 Å². The van der Waals surface area contributed by atoms with Crippen molar-refractivity contribution in [3.63, 3.8) is 0 Å². The van der Waals surface area contributed by atoms with Gasteiger partial charge in [-0.1, -0.05) is 42.0 Å². The molecule has 1 radical (unpaired) electrons. The molecule has 0 spiro atoms. The number of rotatable bonds is 1. The lowest BCUT2D eigenvalue weighted by molar-refractivity contribution is 1.74. The molecule has 10 heavy (non-hydrogen) atoms. The first-order valence-corrected chi connectivity index (χ1v) is 6.14. The lowest BCUT2D eigenvalue weighted by Crippen LogP contribution is -2.21. The average Bonchev–Trinajstić information content (AvgIpc) is 1.88. The molecule has 0 saturated heterocycles. The van der Waals surface area contributed by atoms with Crippen LogP contribution in [0.15, 0.2) is 24.3 Å². The zero-order valence-corrected chi connectivity index (χ0v) is 7.94. The summed E-state index contributed by atoms with van der Waals surface area (Å²) >= 11 is 5.81. The predicted molar refractivity (Wildman–Crippen MR) is 48.6 cm³/mol. The van der Waals surface area contributed by atoms with E-state index in [0.29, 0.717) is 0 Å². The van der Waals surface area contributed by atoms with Gasteiger partial charge in [-0.05, 0) is 12.1 Å². The summed E-state index contributed by atoms with van der Waals surface area (Å²) in [7, 11) is -0.319. The minimum Gasteiger partial charge on any atom is -0.0843 e. The fraction of sp³-hybridized carbons (Fsp3) is 0.250. The second-order valence-electron chi connectivity index (χ2n) is 2.51. The summed E-state index contributed by atoms with van der Waals surface area (Å²) in [6, 6.07) is 8.11. The maximum Gasteiger partial charge on any atom is 0.0792 e. The van der Waals surface area contributed by atoms with E-state index in [1.54, 1.807) is 0 Å². The van der Waals surface area contributed by atoms with Gasteiger partial charge in [0.1, 0.15) is 0 Å². The van der Waals surface area contributed by atoms with Crippen molar-refractivity contribution in [3.05, 3.63) is 29.3 Å². The molecule has 0 aliphatic carbocycles. The molecule has 0 unspecified atom stereocenters. The normalized spacial score (nSPS) is 10.4. The lowest BCUT2D eigenvalue weighted by atomic mass is 10.4. The van der Waals surface area contributed by atoms with E-state index in [2.05, 4.69) is 25.2 Å². The van der Waals surface area contributed by atoms with E-state index >= 15 is 0 Å². The number of halogens is 1. The first-order chi connectivity index (χ1) is 4.70. The molecule has 0 amide bonds. The average molecular weight is 170 g/mol. The third-order valence-electron chi connectivity index (χ3n) is 1.40. The van der Waals surface area contributed by atoms with Crippen LogP contribution < -0.4 is 5.19 Å². The van der Waals surface area contributed by atoms with E-state index in [1.165, 1.54) is 5.19 Å². The van der Waals surface area contributed by atoms with Gasteiger partial charge in [0.25, 0.3) is 0 Å². The fourth-order valence-corrected chi connectivity index (χ4v) is 1.96. The Hall–Kier alpha value is -0.273. The van der Waals surface area contributed by atoms with Crippen LogP contribution in [-0.4, -0.2) is 8.80 Å². The molecular weight excluding hydrogens is 160 g/mol. The molecule has 0 aliphatic heterocycles. The summed E-state index contributed by atoms with van der Waals surface area (Å²) in [5.41, 5.74) is 0. The molecule has 0 saturated carbocycles. The van der Waals surface area contributed by atoms with Crippen molar-refractivity contribution in [2.24, 2.45) is 0 Å². The van der Waals surface area contributed by atoms with Gasteiger partial charge in [0.2, 0.25) is 0 Å². The van der Waals surface area contributed by atoms with Crippen molar-refractivity contribution >= 4 is 25.6 Å². The van der Waals surface area contributed by atoms with Crippen molar-refractivity contribution in [1.82, 2.24) is 0 Å². The highest BCUT2D eigenvalue weighted by molar-refractivity contribution is 6.70. The molecule has 0 bridgehead atoms. The maximum atomic E-state index is 5.81. The number of benzene rings is 1. The molecular formula is C8H10ClSi. The van der Waals surface area contributed by atoms with Crippen LogP contribution in [0, 0.1) is 0 Å². The molecule has 1 rings (SSSR count). The van der Waals surface area contributed by atoms with Crippen LogP contribution >= 0.6 is 11.6 Å². The zero-order chi connectivity index (χ0) is 7.56. The van der Waals surface area contributed by atoms with E-state index in [4.69, 9.17) is 11.6 Å². The number of hydrogen-bond donors (Lipinski definition) is 0. The third kappa shape index (κ3) is 1.86. The van der Waals surface area contributed by atoms with Crippen LogP contribution in [0.3, 0.4) is 0 Å². The summed E-state index contributed by atoms with van der Waals surface area (Å²) in [5, 5.41) is 2.25. The van der Waals surface area contributed by atoms with Gasteiger partial charge in [0.05, 0.1) is 8.80 Å². The van der Waals surface area contributed by atoms with Gasteiger partial charge in [-0.2, -0.15) is 0 Å². The molecule has 0 nitrogen and oxygen atoms in total. The van der Waals surface area contributed by atoms with Crippen LogP contribution in [0.5, 0.6) is 0 Å². The van der Waals surface area contributed by atoms with Crippen molar-refractivity contribution in [2.75, 3.05) is 0 Å². The molecule has 0 aromatic heterocycles. The quantitative estimate of drug-likeness (QED) is 0.566. The van der Waals surface area contributed by atoms with Crippen molar-refractivity contribution in [1.29, 1.82) is 0 Å². The summed E-state index contributed by atoms with van der Waals surface area (Å²) in [5.74, 6) is 0. The summed E-state index contributed by atoms with van der Waals surface area (Å²) in [6.07, 6.45) is 0. The highest BCUT2D eigenvalue weighted by Crippen LogP contribution is 2.04. The molecule has 0 N–H and O–H groups in total. The smallest absolute Gasteiger partial charge is 0.0792 e. The highest BCUT2D eigenvalue weighted by atomic mass is 35.5. The Morgan fingerprint density at radius 1 is 1.30 bits per heavy atom. The fourth-order valence-electron chi connectivity index (χ4n) is 0.799. The number of hydrogen-bond acceptors (Lipinski definition) is 0. The standard InChI is InChI=1S/C8H10ClSi/c1-10(2)8-5-3-4-7(9)6-8/h3-6H,1-2H3. The van der Waals surface area contributed by atoms with Gasteiger partial charge < -0.3 is 0 Å². The molecule has 0 atom stereocenters. The Kier molecular flexibility index (Phi) is 2.52. The first kappa shape index (κ1) is 7.83. The Balaban J connectivity index is 2.96. The lowest BCUT2D eigenvalue weighted by Gasteiger charge is -2.01. The van der Waals surface area contributed by atoms with Gasteiger partial charge in [-0.25, -0.2) is 0 Å². The molecule has 0 fully saturated rings. The van der Waals surface area contributed by atoms with Gasteiger partial charge in [0.15, 0.2) is 0 Å². The van der Waals surface area contributed by atoms with E-state index in [-0.39, 0.29) is 8.80 Å². The third-order valence-corrected chi connectivity index (χ3v) is 3.10. The molecule has 0 aliphatic rings. The van der Waals surface area contributed by atoms with Crippen LogP contribution in [0.1, 0.15) is 0 Å². The Morgan fingerprint density at radius 3 is 2.40 bits per heavy atom. The van der Waals surface area contributed by atoms with Crippen LogP contribution in [0.4, 0.5) is 0 Å². The van der Waals surface area contributed by atoms with Crippen molar-refractivity contribution in [2.45, 2.75) is 13.1 Å². The second kappa shape index (κ2) is 3.22. The molecule has 1 aromatic carbocycles. The Labute approximate surface area is 68.4 Å². The summed E-state index contributed by atoms with van der Waals surface area (Å²) < 4.78 is 0. The van der Waals surface area contributed by atoms with Crippen molar-refractivity contribution < 1.29 is 0 Å². The molecule has 1 aromatic rings. The SMILES string of the molecule is C[Si](C)c1cccc(Cl)c1. The van der Waals surface area contributed by atoms with Gasteiger partial charge in [-0.3, -0.25) is 0 Å². The summed E-state index contributed by atoms with van der Waals surface area (Å²) in [6.45, 7) is 4.52. The summed E-state index contributed by atoms with van der Waals surface area (Å²) in [4.78, 5) is 0. The van der Waals surface area contributed by atoms with Crippen LogP contribution in [0.25, 0.3) is 0 Å².